The Morgan fingerprint density at radius 3 is 2.50 bits per heavy atom. The molecular formula is C22H23N3O3. The Kier molecular flexibility index (Phi) is 6.24. The van der Waals surface area contributed by atoms with Gasteiger partial charge in [-0.05, 0) is 48.9 Å². The van der Waals surface area contributed by atoms with Gasteiger partial charge in [0.1, 0.15) is 0 Å². The minimum absolute atomic E-state index is 0.259. The van der Waals surface area contributed by atoms with Gasteiger partial charge in [-0.1, -0.05) is 18.2 Å². The summed E-state index contributed by atoms with van der Waals surface area (Å²) in [6.45, 7) is 2.82. The van der Waals surface area contributed by atoms with Crippen LogP contribution in [0.5, 0.6) is 0 Å². The van der Waals surface area contributed by atoms with E-state index in [9.17, 15) is 9.59 Å². The zero-order chi connectivity index (χ0) is 19.9. The highest BCUT2D eigenvalue weighted by Crippen LogP contribution is 2.20. The van der Waals surface area contributed by atoms with E-state index in [2.05, 4.69) is 10.6 Å². The number of amides is 2. The first-order valence-electron chi connectivity index (χ1n) is 9.01. The number of carbonyl (C=O) groups excluding carboxylic acids is 2. The van der Waals surface area contributed by atoms with Crippen molar-refractivity contribution in [3.8, 4) is 5.69 Å². The molecule has 28 heavy (non-hydrogen) atoms. The van der Waals surface area contributed by atoms with Gasteiger partial charge in [0.05, 0.1) is 17.9 Å². The second-order valence-corrected chi connectivity index (χ2v) is 6.34. The summed E-state index contributed by atoms with van der Waals surface area (Å²) in [5.41, 5.74) is 3.38. The van der Waals surface area contributed by atoms with E-state index in [0.717, 1.165) is 11.3 Å². The van der Waals surface area contributed by atoms with Crippen molar-refractivity contribution < 1.29 is 14.3 Å². The molecule has 1 heterocycles. The van der Waals surface area contributed by atoms with Crippen LogP contribution in [0.2, 0.25) is 0 Å². The Hall–Kier alpha value is -3.38. The van der Waals surface area contributed by atoms with Crippen LogP contribution in [-0.2, 0) is 4.74 Å². The highest BCUT2D eigenvalue weighted by molar-refractivity contribution is 6.09. The molecular weight excluding hydrogens is 354 g/mol. The first kappa shape index (κ1) is 19.4. The van der Waals surface area contributed by atoms with Crippen LogP contribution in [0.25, 0.3) is 5.69 Å². The number of nitrogens with one attached hydrogen (secondary N) is 2. The SMILES string of the molecule is COCCNC(=O)c1ccccc1NC(=O)c1ccc(C)c(-n2cccc2)c1. The summed E-state index contributed by atoms with van der Waals surface area (Å²) in [5, 5.41) is 5.62. The van der Waals surface area contributed by atoms with Gasteiger partial charge in [-0.2, -0.15) is 0 Å². The summed E-state index contributed by atoms with van der Waals surface area (Å²) >= 11 is 0. The van der Waals surface area contributed by atoms with Crippen molar-refractivity contribution in [1.29, 1.82) is 0 Å². The number of carbonyl (C=O) groups is 2. The highest BCUT2D eigenvalue weighted by Gasteiger charge is 2.15. The topological polar surface area (TPSA) is 72.4 Å². The monoisotopic (exact) mass is 377 g/mol. The third-order valence-electron chi connectivity index (χ3n) is 4.37. The summed E-state index contributed by atoms with van der Waals surface area (Å²) < 4.78 is 6.91. The lowest BCUT2D eigenvalue weighted by Gasteiger charge is -2.13. The van der Waals surface area contributed by atoms with Crippen LogP contribution in [0.15, 0.2) is 67.0 Å². The fourth-order valence-corrected chi connectivity index (χ4v) is 2.87. The minimum atomic E-state index is -0.273. The van der Waals surface area contributed by atoms with E-state index in [1.165, 1.54) is 0 Å². The molecule has 6 heteroatoms. The number of anilines is 1. The molecule has 0 aliphatic rings. The molecule has 0 saturated heterocycles. The van der Waals surface area contributed by atoms with Crippen LogP contribution in [0, 0.1) is 6.92 Å². The van der Waals surface area contributed by atoms with Crippen molar-refractivity contribution >= 4 is 17.5 Å². The fourth-order valence-electron chi connectivity index (χ4n) is 2.87. The van der Waals surface area contributed by atoms with E-state index >= 15 is 0 Å². The molecule has 2 aromatic carbocycles. The van der Waals surface area contributed by atoms with Gasteiger partial charge < -0.3 is 19.9 Å². The van der Waals surface area contributed by atoms with Crippen molar-refractivity contribution in [3.05, 3.63) is 83.7 Å². The number of benzene rings is 2. The summed E-state index contributed by atoms with van der Waals surface area (Å²) in [6.07, 6.45) is 3.87. The molecule has 0 atom stereocenters. The molecule has 3 aromatic rings. The van der Waals surface area contributed by atoms with Gasteiger partial charge in [-0.15, -0.1) is 0 Å². The second kappa shape index (κ2) is 9.01. The van der Waals surface area contributed by atoms with Crippen LogP contribution in [-0.4, -0.2) is 36.6 Å². The Bertz CT molecular complexity index is 965. The number of aromatic nitrogens is 1. The number of ether oxygens (including phenoxy) is 1. The number of nitrogens with zero attached hydrogens (tertiary/aromatic N) is 1. The molecule has 1 aromatic heterocycles. The Balaban J connectivity index is 1.81. The van der Waals surface area contributed by atoms with Gasteiger partial charge in [0.15, 0.2) is 0 Å². The van der Waals surface area contributed by atoms with Crippen LogP contribution in [0.3, 0.4) is 0 Å². The summed E-state index contributed by atoms with van der Waals surface area (Å²) in [4.78, 5) is 25.2. The van der Waals surface area contributed by atoms with Gasteiger partial charge in [0.25, 0.3) is 11.8 Å². The normalized spacial score (nSPS) is 10.5. The zero-order valence-corrected chi connectivity index (χ0v) is 15.9. The van der Waals surface area contributed by atoms with Gasteiger partial charge in [0, 0.05) is 37.3 Å². The fraction of sp³-hybridized carbons (Fsp3) is 0.182. The summed E-state index contributed by atoms with van der Waals surface area (Å²) in [7, 11) is 1.57. The van der Waals surface area contributed by atoms with E-state index in [1.54, 1.807) is 37.4 Å². The average Bonchev–Trinajstić information content (AvgIpc) is 3.23. The zero-order valence-electron chi connectivity index (χ0n) is 15.9. The number of aryl methyl sites for hydroxylation is 1. The highest BCUT2D eigenvalue weighted by atomic mass is 16.5. The van der Waals surface area contributed by atoms with Crippen LogP contribution < -0.4 is 10.6 Å². The molecule has 0 saturated carbocycles. The van der Waals surface area contributed by atoms with Crippen LogP contribution >= 0.6 is 0 Å². The van der Waals surface area contributed by atoms with Gasteiger partial charge in [-0.3, -0.25) is 9.59 Å². The van der Waals surface area contributed by atoms with Gasteiger partial charge in [-0.25, -0.2) is 0 Å². The second-order valence-electron chi connectivity index (χ2n) is 6.34. The first-order chi connectivity index (χ1) is 13.6. The molecule has 3 rings (SSSR count). The molecule has 2 amide bonds. The van der Waals surface area contributed by atoms with Gasteiger partial charge in [0.2, 0.25) is 0 Å². The van der Waals surface area contributed by atoms with Crippen molar-refractivity contribution in [1.82, 2.24) is 9.88 Å². The maximum Gasteiger partial charge on any atom is 0.255 e. The predicted octanol–water partition coefficient (Wildman–Crippen LogP) is 3.41. The van der Waals surface area contributed by atoms with Crippen LogP contribution in [0.4, 0.5) is 5.69 Å². The molecule has 6 nitrogen and oxygen atoms in total. The number of hydrogen-bond acceptors (Lipinski definition) is 3. The quantitative estimate of drug-likeness (QED) is 0.620. The van der Waals surface area contributed by atoms with E-state index in [0.29, 0.717) is 30.0 Å². The molecule has 0 fully saturated rings. The molecule has 0 unspecified atom stereocenters. The summed E-state index contributed by atoms with van der Waals surface area (Å²) in [5.74, 6) is -0.532. The molecule has 0 radical (unpaired) electrons. The lowest BCUT2D eigenvalue weighted by atomic mass is 10.1. The largest absolute Gasteiger partial charge is 0.383 e. The maximum absolute atomic E-state index is 12.8. The molecule has 144 valence electrons. The Morgan fingerprint density at radius 1 is 1.00 bits per heavy atom. The van der Waals surface area contributed by atoms with Crippen molar-refractivity contribution in [2.24, 2.45) is 0 Å². The van der Waals surface area contributed by atoms with Crippen molar-refractivity contribution in [2.75, 3.05) is 25.6 Å². The van der Waals surface area contributed by atoms with E-state index < -0.39 is 0 Å². The Morgan fingerprint density at radius 2 is 1.75 bits per heavy atom. The number of rotatable bonds is 7. The first-order valence-corrected chi connectivity index (χ1v) is 9.01. The number of methoxy groups -OCH3 is 1. The van der Waals surface area contributed by atoms with Crippen LogP contribution in [0.1, 0.15) is 26.3 Å². The number of hydrogen-bond donors (Lipinski definition) is 2. The Labute approximate surface area is 164 Å². The van der Waals surface area contributed by atoms with E-state index in [1.807, 2.05) is 48.1 Å². The standard InChI is InChI=1S/C22H23N3O3/c1-16-9-10-17(15-20(16)25-12-5-6-13-25)21(26)24-19-8-4-3-7-18(19)22(27)23-11-14-28-2/h3-10,12-13,15H,11,14H2,1-2H3,(H,23,27)(H,24,26). The third kappa shape index (κ3) is 4.47. The molecule has 2 N–H and O–H groups in total. The lowest BCUT2D eigenvalue weighted by Crippen LogP contribution is -2.28. The maximum atomic E-state index is 12.8. The average molecular weight is 377 g/mol. The van der Waals surface area contributed by atoms with E-state index in [4.69, 9.17) is 4.74 Å². The minimum Gasteiger partial charge on any atom is -0.383 e. The molecule has 0 aliphatic carbocycles. The number of para-hydroxylation sites is 1. The van der Waals surface area contributed by atoms with Crippen molar-refractivity contribution in [3.63, 3.8) is 0 Å². The third-order valence-corrected chi connectivity index (χ3v) is 4.37. The smallest absolute Gasteiger partial charge is 0.255 e. The lowest BCUT2D eigenvalue weighted by molar-refractivity contribution is 0.0938. The van der Waals surface area contributed by atoms with Gasteiger partial charge >= 0.3 is 0 Å². The molecule has 0 bridgehead atoms. The molecule has 0 aliphatic heterocycles. The molecule has 0 spiro atoms. The summed E-state index contributed by atoms with van der Waals surface area (Å²) in [6, 6.07) is 16.3. The predicted molar refractivity (Wildman–Crippen MR) is 109 cm³/mol. The van der Waals surface area contributed by atoms with Crippen molar-refractivity contribution in [2.45, 2.75) is 6.92 Å². The van der Waals surface area contributed by atoms with E-state index in [-0.39, 0.29) is 11.8 Å².